The Morgan fingerprint density at radius 1 is 1.64 bits per heavy atom. The molecule has 60 valence electrons. The third kappa shape index (κ3) is 1.98. The lowest BCUT2D eigenvalue weighted by Crippen LogP contribution is -1.96. The second kappa shape index (κ2) is 3.44. The van der Waals surface area contributed by atoms with Crippen molar-refractivity contribution in [2.75, 3.05) is 0 Å². The summed E-state index contributed by atoms with van der Waals surface area (Å²) >= 11 is 0. The van der Waals surface area contributed by atoms with Crippen LogP contribution in [0.5, 0.6) is 0 Å². The topological polar surface area (TPSA) is 33.1 Å². The van der Waals surface area contributed by atoms with E-state index in [0.717, 1.165) is 6.20 Å². The van der Waals surface area contributed by atoms with E-state index in [0.29, 0.717) is 12.0 Å². The number of aliphatic hydroxyl groups excluding tert-OH is 1. The van der Waals surface area contributed by atoms with Gasteiger partial charge in [0.15, 0.2) is 0 Å². The maximum Gasteiger partial charge on any atom is 0.141 e. The average Bonchev–Trinajstić information content (AvgIpc) is 2.03. The van der Waals surface area contributed by atoms with Crippen molar-refractivity contribution in [2.45, 2.75) is 19.4 Å². The zero-order chi connectivity index (χ0) is 8.27. The lowest BCUT2D eigenvalue weighted by atomic mass is 10.1. The Labute approximate surface area is 64.7 Å². The van der Waals surface area contributed by atoms with E-state index in [2.05, 4.69) is 4.98 Å². The van der Waals surface area contributed by atoms with Crippen LogP contribution in [0.1, 0.15) is 25.0 Å². The zero-order valence-corrected chi connectivity index (χ0v) is 6.29. The van der Waals surface area contributed by atoms with Crippen LogP contribution >= 0.6 is 0 Å². The number of nitrogens with zero attached hydrogens (tertiary/aromatic N) is 1. The third-order valence-electron chi connectivity index (χ3n) is 1.50. The van der Waals surface area contributed by atoms with Crippen molar-refractivity contribution in [1.82, 2.24) is 4.98 Å². The summed E-state index contributed by atoms with van der Waals surface area (Å²) in [5, 5.41) is 9.25. The maximum atomic E-state index is 12.5. The number of aliphatic hydroxyl groups is 1. The van der Waals surface area contributed by atoms with Crippen LogP contribution in [0.3, 0.4) is 0 Å². The van der Waals surface area contributed by atoms with Crippen LogP contribution in [0.4, 0.5) is 4.39 Å². The molecular weight excluding hydrogens is 145 g/mol. The summed E-state index contributed by atoms with van der Waals surface area (Å²) in [5.41, 5.74) is 0.535. The van der Waals surface area contributed by atoms with Gasteiger partial charge in [0.2, 0.25) is 0 Å². The van der Waals surface area contributed by atoms with Crippen molar-refractivity contribution in [3.8, 4) is 0 Å². The summed E-state index contributed by atoms with van der Waals surface area (Å²) in [6, 6.07) is 1.29. The highest BCUT2D eigenvalue weighted by molar-refractivity contribution is 5.12. The van der Waals surface area contributed by atoms with Crippen LogP contribution in [-0.4, -0.2) is 10.1 Å². The standard InChI is InChI=1S/C8H10FNO/c1-2-8(11)6-3-7(9)5-10-4-6/h3-5,8,11H,2H2,1H3. The van der Waals surface area contributed by atoms with E-state index < -0.39 is 11.9 Å². The molecule has 1 unspecified atom stereocenters. The number of hydrogen-bond donors (Lipinski definition) is 1. The number of rotatable bonds is 2. The van der Waals surface area contributed by atoms with Gasteiger partial charge in [-0.3, -0.25) is 4.98 Å². The van der Waals surface area contributed by atoms with Crippen LogP contribution in [0.25, 0.3) is 0 Å². The quantitative estimate of drug-likeness (QED) is 0.704. The summed E-state index contributed by atoms with van der Waals surface area (Å²) in [6.07, 6.45) is 2.56. The molecule has 1 N–H and O–H groups in total. The molecule has 1 atom stereocenters. The van der Waals surface area contributed by atoms with E-state index in [-0.39, 0.29) is 0 Å². The van der Waals surface area contributed by atoms with Crippen molar-refractivity contribution in [1.29, 1.82) is 0 Å². The Morgan fingerprint density at radius 2 is 2.36 bits per heavy atom. The molecule has 1 rings (SSSR count). The molecule has 1 heterocycles. The van der Waals surface area contributed by atoms with Crippen LogP contribution in [0, 0.1) is 5.82 Å². The first-order chi connectivity index (χ1) is 5.24. The predicted octanol–water partition coefficient (Wildman–Crippen LogP) is 1.66. The molecule has 0 amide bonds. The van der Waals surface area contributed by atoms with Gasteiger partial charge in [0.1, 0.15) is 5.82 Å². The Morgan fingerprint density at radius 3 is 2.91 bits per heavy atom. The molecule has 2 nitrogen and oxygen atoms in total. The van der Waals surface area contributed by atoms with E-state index in [1.807, 2.05) is 6.92 Å². The molecule has 0 aliphatic heterocycles. The fourth-order valence-electron chi connectivity index (χ4n) is 0.846. The first-order valence-corrected chi connectivity index (χ1v) is 3.52. The molecule has 0 aliphatic carbocycles. The van der Waals surface area contributed by atoms with Gasteiger partial charge in [0.25, 0.3) is 0 Å². The molecule has 0 aromatic carbocycles. The van der Waals surface area contributed by atoms with Crippen molar-refractivity contribution in [2.24, 2.45) is 0 Å². The zero-order valence-electron chi connectivity index (χ0n) is 6.29. The van der Waals surface area contributed by atoms with Gasteiger partial charge in [0.05, 0.1) is 12.3 Å². The lowest BCUT2D eigenvalue weighted by molar-refractivity contribution is 0.173. The molecule has 0 spiro atoms. The molecule has 1 aromatic heterocycles. The van der Waals surface area contributed by atoms with Gasteiger partial charge in [-0.1, -0.05) is 6.92 Å². The van der Waals surface area contributed by atoms with E-state index in [1.54, 1.807) is 0 Å². The van der Waals surface area contributed by atoms with E-state index >= 15 is 0 Å². The number of halogens is 1. The molecule has 3 heteroatoms. The summed E-state index contributed by atoms with van der Waals surface area (Å²) < 4.78 is 12.5. The molecule has 0 aliphatic rings. The maximum absolute atomic E-state index is 12.5. The minimum absolute atomic E-state index is 0.407. The van der Waals surface area contributed by atoms with Gasteiger partial charge in [-0.2, -0.15) is 0 Å². The van der Waals surface area contributed by atoms with Crippen LogP contribution in [0.15, 0.2) is 18.5 Å². The van der Waals surface area contributed by atoms with Crippen LogP contribution in [0.2, 0.25) is 0 Å². The smallest absolute Gasteiger partial charge is 0.141 e. The lowest BCUT2D eigenvalue weighted by Gasteiger charge is -2.05. The van der Waals surface area contributed by atoms with E-state index in [9.17, 15) is 9.50 Å². The van der Waals surface area contributed by atoms with Crippen molar-refractivity contribution in [3.63, 3.8) is 0 Å². The number of hydrogen-bond acceptors (Lipinski definition) is 2. The number of aromatic nitrogens is 1. The van der Waals surface area contributed by atoms with Gasteiger partial charge in [-0.25, -0.2) is 4.39 Å². The van der Waals surface area contributed by atoms with Crippen molar-refractivity contribution < 1.29 is 9.50 Å². The first kappa shape index (κ1) is 8.14. The summed E-state index contributed by atoms with van der Waals surface area (Å²) in [7, 11) is 0. The van der Waals surface area contributed by atoms with Gasteiger partial charge < -0.3 is 5.11 Å². The monoisotopic (exact) mass is 155 g/mol. The summed E-state index contributed by atoms with van der Waals surface area (Å²) in [5.74, 6) is -0.407. The second-order valence-corrected chi connectivity index (χ2v) is 2.36. The Hall–Kier alpha value is -0.960. The highest BCUT2D eigenvalue weighted by Gasteiger charge is 2.04. The van der Waals surface area contributed by atoms with Crippen LogP contribution in [-0.2, 0) is 0 Å². The third-order valence-corrected chi connectivity index (χ3v) is 1.50. The summed E-state index contributed by atoms with van der Waals surface area (Å²) in [6.45, 7) is 1.83. The molecule has 0 saturated carbocycles. The molecule has 11 heavy (non-hydrogen) atoms. The molecule has 1 aromatic rings. The van der Waals surface area contributed by atoms with Crippen molar-refractivity contribution >= 4 is 0 Å². The van der Waals surface area contributed by atoms with Gasteiger partial charge >= 0.3 is 0 Å². The molecule has 0 radical (unpaired) electrons. The van der Waals surface area contributed by atoms with Crippen molar-refractivity contribution in [3.05, 3.63) is 29.8 Å². The highest BCUT2D eigenvalue weighted by atomic mass is 19.1. The second-order valence-electron chi connectivity index (χ2n) is 2.36. The molecule has 0 bridgehead atoms. The van der Waals surface area contributed by atoms with Gasteiger partial charge in [-0.05, 0) is 12.5 Å². The fraction of sp³-hybridized carbons (Fsp3) is 0.375. The van der Waals surface area contributed by atoms with Gasteiger partial charge in [0, 0.05) is 11.8 Å². The van der Waals surface area contributed by atoms with E-state index in [4.69, 9.17) is 0 Å². The van der Waals surface area contributed by atoms with Gasteiger partial charge in [-0.15, -0.1) is 0 Å². The molecule has 0 saturated heterocycles. The molecular formula is C8H10FNO. The fourth-order valence-corrected chi connectivity index (χ4v) is 0.846. The van der Waals surface area contributed by atoms with Crippen LogP contribution < -0.4 is 0 Å². The van der Waals surface area contributed by atoms with E-state index in [1.165, 1.54) is 12.3 Å². The normalized spacial score (nSPS) is 13.0. The molecule has 0 fully saturated rings. The Bertz CT molecular complexity index is 239. The number of pyridine rings is 1. The Balaban J connectivity index is 2.86. The minimum Gasteiger partial charge on any atom is -0.388 e. The average molecular weight is 155 g/mol. The highest BCUT2D eigenvalue weighted by Crippen LogP contribution is 2.14. The minimum atomic E-state index is -0.599. The Kier molecular flexibility index (Phi) is 2.54. The summed E-state index contributed by atoms with van der Waals surface area (Å²) in [4.78, 5) is 3.62. The predicted molar refractivity (Wildman–Crippen MR) is 39.4 cm³/mol. The SMILES string of the molecule is CCC(O)c1cncc(F)c1. The first-order valence-electron chi connectivity index (χ1n) is 3.52. The largest absolute Gasteiger partial charge is 0.388 e.